The number of hydrogen-bond acceptors (Lipinski definition) is 4. The van der Waals surface area contributed by atoms with E-state index in [0.717, 1.165) is 30.3 Å². The van der Waals surface area contributed by atoms with Gasteiger partial charge in [0.25, 0.3) is 5.91 Å². The number of rotatable bonds is 4. The van der Waals surface area contributed by atoms with Crippen LogP contribution in [0.5, 0.6) is 0 Å². The molecule has 2 aromatic carbocycles. The molecule has 1 amide bonds. The predicted molar refractivity (Wildman–Crippen MR) is 114 cm³/mol. The molecule has 1 aromatic heterocycles. The highest BCUT2D eigenvalue weighted by molar-refractivity contribution is 6.11. The Morgan fingerprint density at radius 1 is 1.18 bits per heavy atom. The summed E-state index contributed by atoms with van der Waals surface area (Å²) in [6, 6.07) is 9.38. The van der Waals surface area contributed by atoms with Crippen LogP contribution in [0.25, 0.3) is 0 Å². The maximum Gasteiger partial charge on any atom is 0.416 e. The first-order chi connectivity index (χ1) is 15.6. The molecule has 0 unspecified atom stereocenters. The highest BCUT2D eigenvalue weighted by Crippen LogP contribution is 2.52. The quantitative estimate of drug-likeness (QED) is 0.544. The molecule has 5 rings (SSSR count). The number of hydrogen-bond donors (Lipinski definition) is 0. The Kier molecular flexibility index (Phi) is 4.70. The first kappa shape index (κ1) is 21.4. The molecular weight excluding hydrogens is 433 g/mol. The van der Waals surface area contributed by atoms with Crippen LogP contribution < -0.4 is 4.90 Å². The van der Waals surface area contributed by atoms with Crippen molar-refractivity contribution in [3.8, 4) is 0 Å². The second-order valence-electron chi connectivity index (χ2n) is 9.01. The number of aldehydes is 1. The molecule has 0 radical (unpaired) electrons. The Labute approximate surface area is 188 Å². The molecule has 1 aliphatic heterocycles. The Morgan fingerprint density at radius 3 is 2.55 bits per heavy atom. The molecule has 9 heteroatoms. The molecule has 1 saturated carbocycles. The molecule has 1 aliphatic carbocycles. The standard InChI is InChI=1S/C24H21F3N4O2/c1-14-9-23(10-14,22-29-28-13-30(22)2)16-4-3-5-17(8-16)31-11-19-18(21(31)33)6-15(12-32)7-20(19)24(25,26)27/h3-8,12-14H,9-11H2,1-2H3. The summed E-state index contributed by atoms with van der Waals surface area (Å²) in [7, 11) is 1.88. The summed E-state index contributed by atoms with van der Waals surface area (Å²) in [5, 5.41) is 8.35. The first-order valence-electron chi connectivity index (χ1n) is 10.6. The van der Waals surface area contributed by atoms with E-state index in [1.807, 2.05) is 29.8 Å². The highest BCUT2D eigenvalue weighted by Gasteiger charge is 2.48. The summed E-state index contributed by atoms with van der Waals surface area (Å²) in [5.41, 5.74) is -0.218. The van der Waals surface area contributed by atoms with E-state index in [9.17, 15) is 22.8 Å². The van der Waals surface area contributed by atoms with Crippen molar-refractivity contribution in [2.75, 3.05) is 4.90 Å². The van der Waals surface area contributed by atoms with E-state index in [4.69, 9.17) is 0 Å². The molecule has 6 nitrogen and oxygen atoms in total. The zero-order valence-corrected chi connectivity index (χ0v) is 18.1. The maximum absolute atomic E-state index is 13.7. The van der Waals surface area contributed by atoms with E-state index >= 15 is 0 Å². The van der Waals surface area contributed by atoms with Crippen molar-refractivity contribution in [1.29, 1.82) is 0 Å². The summed E-state index contributed by atoms with van der Waals surface area (Å²) in [6.07, 6.45) is -0.975. The maximum atomic E-state index is 13.7. The Bertz CT molecular complexity index is 1270. The van der Waals surface area contributed by atoms with Crippen LogP contribution in [0.1, 0.15) is 63.0 Å². The third-order valence-electron chi connectivity index (χ3n) is 6.75. The van der Waals surface area contributed by atoms with Gasteiger partial charge in [-0.3, -0.25) is 9.59 Å². The Balaban J connectivity index is 1.57. The number of carbonyl (C=O) groups excluding carboxylic acids is 2. The number of aryl methyl sites for hydroxylation is 1. The van der Waals surface area contributed by atoms with Gasteiger partial charge in [0.05, 0.1) is 17.5 Å². The van der Waals surface area contributed by atoms with Gasteiger partial charge in [-0.25, -0.2) is 0 Å². The van der Waals surface area contributed by atoms with Gasteiger partial charge >= 0.3 is 6.18 Å². The smallest absolute Gasteiger partial charge is 0.320 e. The zero-order chi connectivity index (χ0) is 23.5. The molecule has 1 fully saturated rings. The lowest BCUT2D eigenvalue weighted by molar-refractivity contribution is -0.138. The van der Waals surface area contributed by atoms with Gasteiger partial charge in [0.15, 0.2) is 0 Å². The molecular formula is C24H21F3N4O2. The topological polar surface area (TPSA) is 68.1 Å². The van der Waals surface area contributed by atoms with Crippen molar-refractivity contribution >= 4 is 17.9 Å². The van der Waals surface area contributed by atoms with Crippen LogP contribution >= 0.6 is 0 Å². The van der Waals surface area contributed by atoms with Crippen molar-refractivity contribution in [2.45, 2.75) is 37.9 Å². The van der Waals surface area contributed by atoms with Gasteiger partial charge in [0, 0.05) is 23.9 Å². The third-order valence-corrected chi connectivity index (χ3v) is 6.75. The zero-order valence-electron chi connectivity index (χ0n) is 18.1. The van der Waals surface area contributed by atoms with Crippen LogP contribution in [0, 0.1) is 5.92 Å². The molecule has 0 saturated heterocycles. The third kappa shape index (κ3) is 3.25. The van der Waals surface area contributed by atoms with Gasteiger partial charge in [-0.15, -0.1) is 10.2 Å². The molecule has 170 valence electrons. The number of anilines is 1. The number of nitrogens with zero attached hydrogens (tertiary/aromatic N) is 4. The minimum atomic E-state index is -4.67. The number of benzene rings is 2. The first-order valence-corrected chi connectivity index (χ1v) is 10.6. The van der Waals surface area contributed by atoms with E-state index in [1.165, 1.54) is 11.0 Å². The number of fused-ring (bicyclic) bond motifs is 1. The minimum absolute atomic E-state index is 0.0855. The van der Waals surface area contributed by atoms with Crippen molar-refractivity contribution in [2.24, 2.45) is 13.0 Å². The van der Waals surface area contributed by atoms with Gasteiger partial charge in [-0.05, 0) is 54.2 Å². The molecule has 2 heterocycles. The number of carbonyl (C=O) groups is 2. The molecule has 0 bridgehead atoms. The van der Waals surface area contributed by atoms with Crippen LogP contribution in [-0.4, -0.2) is 27.0 Å². The van der Waals surface area contributed by atoms with E-state index in [1.54, 1.807) is 12.4 Å². The second-order valence-corrected chi connectivity index (χ2v) is 9.01. The van der Waals surface area contributed by atoms with Crippen LogP contribution in [0.15, 0.2) is 42.7 Å². The number of amides is 1. The van der Waals surface area contributed by atoms with Crippen LogP contribution in [0.2, 0.25) is 0 Å². The SMILES string of the molecule is CC1CC(c2cccc(N3Cc4c(cc(C=O)cc4C(F)(F)F)C3=O)c2)(c2nncn2C)C1. The van der Waals surface area contributed by atoms with Gasteiger partial charge in [-0.2, -0.15) is 13.2 Å². The minimum Gasteiger partial charge on any atom is -0.320 e. The van der Waals surface area contributed by atoms with Crippen LogP contribution in [0.3, 0.4) is 0 Å². The predicted octanol–water partition coefficient (Wildman–Crippen LogP) is 4.52. The molecule has 0 atom stereocenters. The fourth-order valence-electron chi connectivity index (χ4n) is 5.33. The summed E-state index contributed by atoms with van der Waals surface area (Å²) in [4.78, 5) is 25.7. The lowest BCUT2D eigenvalue weighted by Gasteiger charge is -2.46. The van der Waals surface area contributed by atoms with Crippen molar-refractivity contribution in [1.82, 2.24) is 14.8 Å². The Hall–Kier alpha value is -3.49. The second kappa shape index (κ2) is 7.26. The van der Waals surface area contributed by atoms with E-state index in [-0.39, 0.29) is 28.7 Å². The fraction of sp³-hybridized carbons (Fsp3) is 0.333. The van der Waals surface area contributed by atoms with Crippen LogP contribution in [0.4, 0.5) is 18.9 Å². The van der Waals surface area contributed by atoms with Gasteiger partial charge in [0.1, 0.15) is 18.4 Å². The lowest BCUT2D eigenvalue weighted by atomic mass is 9.58. The normalized spacial score (nSPS) is 22.3. The molecule has 0 N–H and O–H groups in total. The van der Waals surface area contributed by atoms with Crippen LogP contribution in [-0.2, 0) is 25.2 Å². The van der Waals surface area contributed by atoms with Gasteiger partial charge in [-0.1, -0.05) is 19.1 Å². The van der Waals surface area contributed by atoms with Crippen molar-refractivity contribution in [3.05, 3.63) is 76.4 Å². The average Bonchev–Trinajstić information content (AvgIpc) is 3.33. The van der Waals surface area contributed by atoms with E-state index in [0.29, 0.717) is 17.9 Å². The van der Waals surface area contributed by atoms with E-state index in [2.05, 4.69) is 17.1 Å². The van der Waals surface area contributed by atoms with E-state index < -0.39 is 17.6 Å². The number of aromatic nitrogens is 3. The molecule has 33 heavy (non-hydrogen) atoms. The fourth-order valence-corrected chi connectivity index (χ4v) is 5.33. The van der Waals surface area contributed by atoms with Crippen molar-refractivity contribution < 1.29 is 22.8 Å². The monoisotopic (exact) mass is 454 g/mol. The van der Waals surface area contributed by atoms with Gasteiger partial charge in [0.2, 0.25) is 0 Å². The highest BCUT2D eigenvalue weighted by atomic mass is 19.4. The summed E-state index contributed by atoms with van der Waals surface area (Å²) in [5.74, 6) is 0.758. The summed E-state index contributed by atoms with van der Waals surface area (Å²) >= 11 is 0. The number of alkyl halides is 3. The van der Waals surface area contributed by atoms with Gasteiger partial charge < -0.3 is 9.47 Å². The number of halogens is 3. The summed E-state index contributed by atoms with van der Waals surface area (Å²) in [6.45, 7) is 1.95. The lowest BCUT2D eigenvalue weighted by Crippen LogP contribution is -2.43. The largest absolute Gasteiger partial charge is 0.416 e. The Morgan fingerprint density at radius 2 is 1.94 bits per heavy atom. The summed E-state index contributed by atoms with van der Waals surface area (Å²) < 4.78 is 42.9. The van der Waals surface area contributed by atoms with Crippen molar-refractivity contribution in [3.63, 3.8) is 0 Å². The average molecular weight is 454 g/mol. The molecule has 0 spiro atoms. The molecule has 2 aliphatic rings. The molecule has 3 aromatic rings.